The minimum atomic E-state index is -1.05. The Morgan fingerprint density at radius 1 is 1.18 bits per heavy atom. The van der Waals surface area contributed by atoms with E-state index in [2.05, 4.69) is 5.32 Å². The molecule has 3 heterocycles. The number of ketones is 1. The highest BCUT2D eigenvalue weighted by Gasteiger charge is 2.54. The molecule has 170 valence electrons. The predicted octanol–water partition coefficient (Wildman–Crippen LogP) is 4.32. The van der Waals surface area contributed by atoms with Gasteiger partial charge in [-0.25, -0.2) is 9.18 Å². The number of aromatic nitrogens is 1. The number of imide groups is 1. The van der Waals surface area contributed by atoms with Crippen molar-refractivity contribution in [1.82, 2.24) is 14.8 Å². The van der Waals surface area contributed by atoms with E-state index in [4.69, 9.17) is 0 Å². The first-order chi connectivity index (χ1) is 15.8. The van der Waals surface area contributed by atoms with Crippen LogP contribution in [0.4, 0.5) is 9.18 Å². The molecule has 1 saturated heterocycles. The van der Waals surface area contributed by atoms with Crippen LogP contribution in [0.25, 0.3) is 0 Å². The SMILES string of the molecule is Cc1cc(C(=O)CN2C(=O)N[C@@]3(CCCc4sccc43)C2=O)c(C)n1Cc1ccc(F)cc1. The quantitative estimate of drug-likeness (QED) is 0.451. The number of fused-ring (bicyclic) bond motifs is 2. The highest BCUT2D eigenvalue weighted by atomic mass is 32.1. The lowest BCUT2D eigenvalue weighted by Crippen LogP contribution is -2.46. The standard InChI is InChI=1S/C25H24FN3O3S/c1-15-12-19(16(2)28(15)13-17-5-7-18(26)8-6-17)21(30)14-29-23(31)25(27-24(29)32)10-3-4-22-20(25)9-11-33-22/h5-9,11-12H,3-4,10,13-14H2,1-2H3,(H,27,32)/t25-/m1/s1. The Balaban J connectivity index is 1.38. The van der Waals surface area contributed by atoms with E-state index in [9.17, 15) is 18.8 Å². The maximum absolute atomic E-state index is 13.4. The summed E-state index contributed by atoms with van der Waals surface area (Å²) in [5, 5.41) is 4.84. The molecule has 1 N–H and O–H groups in total. The van der Waals surface area contributed by atoms with Gasteiger partial charge < -0.3 is 9.88 Å². The second kappa shape index (κ2) is 7.95. The first kappa shape index (κ1) is 21.6. The van der Waals surface area contributed by atoms with Gasteiger partial charge in [-0.2, -0.15) is 0 Å². The molecule has 1 spiro atoms. The van der Waals surface area contributed by atoms with E-state index in [1.165, 1.54) is 12.1 Å². The van der Waals surface area contributed by atoms with Gasteiger partial charge in [-0.15, -0.1) is 11.3 Å². The van der Waals surface area contributed by atoms with Gasteiger partial charge in [0.2, 0.25) is 0 Å². The summed E-state index contributed by atoms with van der Waals surface area (Å²) in [4.78, 5) is 41.6. The summed E-state index contributed by atoms with van der Waals surface area (Å²) >= 11 is 1.60. The number of carbonyl (C=O) groups excluding carboxylic acids is 3. The minimum absolute atomic E-state index is 0.282. The zero-order chi connectivity index (χ0) is 23.3. The van der Waals surface area contributed by atoms with Crippen LogP contribution in [0.1, 0.15) is 50.6 Å². The molecule has 33 heavy (non-hydrogen) atoms. The Hall–Kier alpha value is -3.26. The van der Waals surface area contributed by atoms with Crippen LogP contribution in [-0.2, 0) is 23.3 Å². The third kappa shape index (κ3) is 3.49. The summed E-state index contributed by atoms with van der Waals surface area (Å²) in [6.07, 6.45) is 2.25. The van der Waals surface area contributed by atoms with Crippen molar-refractivity contribution >= 4 is 29.1 Å². The smallest absolute Gasteiger partial charge is 0.325 e. The van der Waals surface area contributed by atoms with Gasteiger partial charge in [0, 0.05) is 33.9 Å². The van der Waals surface area contributed by atoms with E-state index < -0.39 is 11.6 Å². The molecule has 2 aromatic heterocycles. The van der Waals surface area contributed by atoms with Crippen molar-refractivity contribution in [3.8, 4) is 0 Å². The average Bonchev–Trinajstić information content (AvgIpc) is 3.44. The summed E-state index contributed by atoms with van der Waals surface area (Å²) in [6.45, 7) is 3.94. The summed E-state index contributed by atoms with van der Waals surface area (Å²) in [6, 6.07) is 9.42. The highest BCUT2D eigenvalue weighted by Crippen LogP contribution is 2.42. The number of nitrogens with zero attached hydrogens (tertiary/aromatic N) is 2. The van der Waals surface area contributed by atoms with Gasteiger partial charge >= 0.3 is 6.03 Å². The van der Waals surface area contributed by atoms with Gasteiger partial charge in [0.1, 0.15) is 11.4 Å². The van der Waals surface area contributed by atoms with Gasteiger partial charge in [-0.3, -0.25) is 14.5 Å². The summed E-state index contributed by atoms with van der Waals surface area (Å²) < 4.78 is 15.2. The number of hydrogen-bond acceptors (Lipinski definition) is 4. The van der Waals surface area contributed by atoms with Crippen LogP contribution in [0.15, 0.2) is 41.8 Å². The highest BCUT2D eigenvalue weighted by molar-refractivity contribution is 7.10. The number of carbonyl (C=O) groups is 3. The molecule has 0 unspecified atom stereocenters. The second-order valence-corrected chi connectivity index (χ2v) is 9.76. The molecule has 0 radical (unpaired) electrons. The Morgan fingerprint density at radius 3 is 2.70 bits per heavy atom. The maximum Gasteiger partial charge on any atom is 0.325 e. The van der Waals surface area contributed by atoms with Crippen molar-refractivity contribution in [2.24, 2.45) is 0 Å². The van der Waals surface area contributed by atoms with E-state index in [1.54, 1.807) is 29.5 Å². The number of aryl methyl sites for hydroxylation is 2. The molecule has 3 amide bonds. The molecular weight excluding hydrogens is 441 g/mol. The molecule has 0 saturated carbocycles. The van der Waals surface area contributed by atoms with E-state index in [0.717, 1.165) is 45.1 Å². The third-order valence-electron chi connectivity index (χ3n) is 6.77. The maximum atomic E-state index is 13.4. The fourth-order valence-electron chi connectivity index (χ4n) is 5.01. The Bertz CT molecular complexity index is 1280. The largest absolute Gasteiger partial charge is 0.344 e. The number of benzene rings is 1. The lowest BCUT2D eigenvalue weighted by atomic mass is 9.80. The first-order valence-corrected chi connectivity index (χ1v) is 11.8. The van der Waals surface area contributed by atoms with Gasteiger partial charge in [0.25, 0.3) is 5.91 Å². The lowest BCUT2D eigenvalue weighted by molar-refractivity contribution is -0.131. The van der Waals surface area contributed by atoms with E-state index in [1.807, 2.05) is 29.9 Å². The summed E-state index contributed by atoms with van der Waals surface area (Å²) in [5.74, 6) is -0.926. The number of halogens is 1. The summed E-state index contributed by atoms with van der Waals surface area (Å²) in [7, 11) is 0. The van der Waals surface area contributed by atoms with Crippen molar-refractivity contribution in [3.63, 3.8) is 0 Å². The molecule has 1 atom stereocenters. The van der Waals surface area contributed by atoms with Crippen molar-refractivity contribution < 1.29 is 18.8 Å². The fraction of sp³-hybridized carbons (Fsp3) is 0.320. The number of nitrogens with one attached hydrogen (secondary N) is 1. The van der Waals surface area contributed by atoms with Gasteiger partial charge in [0.15, 0.2) is 5.78 Å². The Morgan fingerprint density at radius 2 is 1.94 bits per heavy atom. The predicted molar refractivity (Wildman–Crippen MR) is 123 cm³/mol. The molecule has 3 aromatic rings. The van der Waals surface area contributed by atoms with Crippen LogP contribution in [0.2, 0.25) is 0 Å². The van der Waals surface area contributed by atoms with Crippen LogP contribution in [-0.4, -0.2) is 33.7 Å². The monoisotopic (exact) mass is 465 g/mol. The summed E-state index contributed by atoms with van der Waals surface area (Å²) in [5.41, 5.74) is 2.84. The minimum Gasteiger partial charge on any atom is -0.344 e. The second-order valence-electron chi connectivity index (χ2n) is 8.76. The van der Waals surface area contributed by atoms with E-state index in [0.29, 0.717) is 18.5 Å². The van der Waals surface area contributed by atoms with Crippen LogP contribution < -0.4 is 5.32 Å². The third-order valence-corrected chi connectivity index (χ3v) is 7.75. The lowest BCUT2D eigenvalue weighted by Gasteiger charge is -2.31. The van der Waals surface area contributed by atoms with Crippen molar-refractivity contribution in [1.29, 1.82) is 0 Å². The number of urea groups is 1. The van der Waals surface area contributed by atoms with Crippen molar-refractivity contribution in [2.45, 2.75) is 45.2 Å². The fourth-order valence-corrected chi connectivity index (χ4v) is 6.01. The number of Topliss-reactive ketones (excluding diaryl/α,β-unsaturated/α-hetero) is 1. The number of rotatable bonds is 5. The molecule has 1 aliphatic carbocycles. The van der Waals surface area contributed by atoms with Crippen LogP contribution in [0.5, 0.6) is 0 Å². The zero-order valence-corrected chi connectivity index (χ0v) is 19.3. The van der Waals surface area contributed by atoms with Crippen LogP contribution >= 0.6 is 11.3 Å². The Labute approximate surface area is 195 Å². The zero-order valence-electron chi connectivity index (χ0n) is 18.5. The van der Waals surface area contributed by atoms with E-state index >= 15 is 0 Å². The molecule has 0 bridgehead atoms. The number of hydrogen-bond donors (Lipinski definition) is 1. The van der Waals surface area contributed by atoms with E-state index in [-0.39, 0.29) is 24.1 Å². The van der Waals surface area contributed by atoms with Crippen molar-refractivity contribution in [2.75, 3.05) is 6.54 Å². The molecule has 5 rings (SSSR count). The average molecular weight is 466 g/mol. The molecule has 1 aromatic carbocycles. The van der Waals surface area contributed by atoms with Crippen molar-refractivity contribution in [3.05, 3.63) is 80.6 Å². The molecule has 1 aliphatic heterocycles. The normalized spacial score (nSPS) is 19.8. The molecule has 8 heteroatoms. The van der Waals surface area contributed by atoms with Gasteiger partial charge in [0.05, 0.1) is 6.54 Å². The molecule has 6 nitrogen and oxygen atoms in total. The molecular formula is C25H24FN3O3S. The first-order valence-electron chi connectivity index (χ1n) is 11.0. The van der Waals surface area contributed by atoms with Gasteiger partial charge in [-0.05, 0) is 68.3 Å². The number of amides is 3. The Kier molecular flexibility index (Phi) is 5.20. The topological polar surface area (TPSA) is 71.4 Å². The van der Waals surface area contributed by atoms with Crippen LogP contribution in [0, 0.1) is 19.7 Å². The number of thiophene rings is 1. The van der Waals surface area contributed by atoms with Crippen LogP contribution in [0.3, 0.4) is 0 Å². The molecule has 1 fully saturated rings. The van der Waals surface area contributed by atoms with Gasteiger partial charge in [-0.1, -0.05) is 12.1 Å². The molecule has 2 aliphatic rings.